The van der Waals surface area contributed by atoms with Gasteiger partial charge in [0.1, 0.15) is 6.61 Å². The van der Waals surface area contributed by atoms with Crippen LogP contribution in [0.2, 0.25) is 5.02 Å². The average molecular weight is 310 g/mol. The fraction of sp³-hybridized carbons (Fsp3) is 0.308. The van der Waals surface area contributed by atoms with Crippen LogP contribution in [0.4, 0.5) is 5.95 Å². The molecule has 1 heterocycles. The first-order chi connectivity index (χ1) is 10.1. The molecule has 0 saturated carbocycles. The number of nitrogens with two attached hydrogens (primary N) is 1. The Balaban J connectivity index is 2.13. The van der Waals surface area contributed by atoms with E-state index in [-0.39, 0.29) is 30.7 Å². The summed E-state index contributed by atoms with van der Waals surface area (Å²) in [6, 6.07) is 7.61. The molecule has 0 aliphatic rings. The van der Waals surface area contributed by atoms with Crippen LogP contribution in [-0.2, 0) is 6.61 Å². The molecular formula is C13H16ClN5O2. The van der Waals surface area contributed by atoms with Crippen molar-refractivity contribution in [3.8, 4) is 12.0 Å². The Bertz CT molecular complexity index is 609. The van der Waals surface area contributed by atoms with Gasteiger partial charge in [-0.25, -0.2) is 5.84 Å². The van der Waals surface area contributed by atoms with Crippen LogP contribution in [0.3, 0.4) is 0 Å². The molecule has 1 aromatic heterocycles. The van der Waals surface area contributed by atoms with E-state index in [1.54, 1.807) is 6.07 Å². The summed E-state index contributed by atoms with van der Waals surface area (Å²) in [6.07, 6.45) is -0.0746. The van der Waals surface area contributed by atoms with E-state index in [9.17, 15) is 0 Å². The number of anilines is 1. The minimum Gasteiger partial charge on any atom is -0.461 e. The van der Waals surface area contributed by atoms with Gasteiger partial charge in [-0.2, -0.15) is 9.97 Å². The van der Waals surface area contributed by atoms with Crippen LogP contribution in [-0.4, -0.2) is 21.1 Å². The number of aromatic nitrogens is 3. The molecule has 0 aliphatic heterocycles. The van der Waals surface area contributed by atoms with Crippen molar-refractivity contribution in [3.05, 3.63) is 34.9 Å². The Morgan fingerprint density at radius 3 is 2.57 bits per heavy atom. The maximum atomic E-state index is 6.06. The maximum Gasteiger partial charge on any atom is 0.324 e. The number of ether oxygens (including phenoxy) is 2. The molecule has 112 valence electrons. The number of nitrogen functional groups attached to an aromatic ring is 1. The predicted octanol–water partition coefficient (Wildman–Crippen LogP) is 2.18. The van der Waals surface area contributed by atoms with E-state index in [0.29, 0.717) is 5.02 Å². The zero-order valence-electron chi connectivity index (χ0n) is 11.7. The van der Waals surface area contributed by atoms with Crippen LogP contribution in [0.15, 0.2) is 24.3 Å². The van der Waals surface area contributed by atoms with Crippen molar-refractivity contribution >= 4 is 17.5 Å². The Hall–Kier alpha value is -2.12. The summed E-state index contributed by atoms with van der Waals surface area (Å²) in [6.45, 7) is 3.96. The number of hydrogen-bond acceptors (Lipinski definition) is 7. The van der Waals surface area contributed by atoms with E-state index in [4.69, 9.17) is 26.9 Å². The molecule has 0 atom stereocenters. The van der Waals surface area contributed by atoms with Crippen molar-refractivity contribution in [3.63, 3.8) is 0 Å². The van der Waals surface area contributed by atoms with Gasteiger partial charge < -0.3 is 9.47 Å². The van der Waals surface area contributed by atoms with Crippen molar-refractivity contribution in [2.75, 3.05) is 5.43 Å². The number of nitrogens with zero attached hydrogens (tertiary/aromatic N) is 3. The molecule has 2 aromatic rings. The standard InChI is InChI=1S/C13H16ClN5O2/c1-8(2)21-13-17-11(19-15)16-12(18-13)20-7-9-5-3-4-6-10(9)14/h3-6,8H,7,15H2,1-2H3,(H,16,17,18,19). The average Bonchev–Trinajstić information content (AvgIpc) is 2.45. The second kappa shape index (κ2) is 7.05. The summed E-state index contributed by atoms with van der Waals surface area (Å²) < 4.78 is 10.9. The van der Waals surface area contributed by atoms with Gasteiger partial charge in [0.05, 0.1) is 6.10 Å². The fourth-order valence-corrected chi connectivity index (χ4v) is 1.68. The highest BCUT2D eigenvalue weighted by Gasteiger charge is 2.10. The first-order valence-electron chi connectivity index (χ1n) is 6.34. The van der Waals surface area contributed by atoms with E-state index in [2.05, 4.69) is 20.4 Å². The number of hydrogen-bond donors (Lipinski definition) is 2. The largest absolute Gasteiger partial charge is 0.461 e. The first kappa shape index (κ1) is 15.3. The van der Waals surface area contributed by atoms with E-state index >= 15 is 0 Å². The molecule has 0 unspecified atom stereocenters. The second-order valence-electron chi connectivity index (χ2n) is 4.42. The number of nitrogens with one attached hydrogen (secondary N) is 1. The van der Waals surface area contributed by atoms with E-state index in [0.717, 1.165) is 5.56 Å². The van der Waals surface area contributed by atoms with Crippen LogP contribution in [0.1, 0.15) is 19.4 Å². The molecule has 0 spiro atoms. The molecular weight excluding hydrogens is 294 g/mol. The number of hydrazine groups is 1. The lowest BCUT2D eigenvalue weighted by atomic mass is 10.2. The van der Waals surface area contributed by atoms with Crippen LogP contribution in [0.5, 0.6) is 12.0 Å². The normalized spacial score (nSPS) is 10.5. The molecule has 0 amide bonds. The van der Waals surface area contributed by atoms with E-state index in [1.165, 1.54) is 0 Å². The smallest absolute Gasteiger partial charge is 0.324 e. The zero-order valence-corrected chi connectivity index (χ0v) is 12.5. The highest BCUT2D eigenvalue weighted by molar-refractivity contribution is 6.31. The van der Waals surface area contributed by atoms with Gasteiger partial charge in [-0.3, -0.25) is 5.43 Å². The summed E-state index contributed by atoms with van der Waals surface area (Å²) in [5, 5.41) is 0.613. The van der Waals surface area contributed by atoms with Gasteiger partial charge in [-0.1, -0.05) is 29.8 Å². The minimum absolute atomic E-state index is 0.0746. The molecule has 0 radical (unpaired) electrons. The number of benzene rings is 1. The van der Waals surface area contributed by atoms with Gasteiger partial charge in [-0.05, 0) is 19.9 Å². The topological polar surface area (TPSA) is 95.2 Å². The summed E-state index contributed by atoms with van der Waals surface area (Å²) in [4.78, 5) is 12.0. The third-order valence-corrected chi connectivity index (χ3v) is 2.75. The van der Waals surface area contributed by atoms with E-state index < -0.39 is 0 Å². The molecule has 0 bridgehead atoms. The predicted molar refractivity (Wildman–Crippen MR) is 79.2 cm³/mol. The molecule has 7 nitrogen and oxygen atoms in total. The zero-order chi connectivity index (χ0) is 15.2. The number of halogens is 1. The van der Waals surface area contributed by atoms with Crippen molar-refractivity contribution in [1.29, 1.82) is 0 Å². The van der Waals surface area contributed by atoms with Gasteiger partial charge in [0.25, 0.3) is 0 Å². The van der Waals surface area contributed by atoms with Gasteiger partial charge in [-0.15, -0.1) is 4.98 Å². The molecule has 21 heavy (non-hydrogen) atoms. The molecule has 3 N–H and O–H groups in total. The maximum absolute atomic E-state index is 6.06. The summed E-state index contributed by atoms with van der Waals surface area (Å²) >= 11 is 6.06. The van der Waals surface area contributed by atoms with Gasteiger partial charge in [0.2, 0.25) is 5.95 Å². The molecule has 1 aromatic carbocycles. The van der Waals surface area contributed by atoms with Crippen LogP contribution >= 0.6 is 11.6 Å². The second-order valence-corrected chi connectivity index (χ2v) is 4.82. The third kappa shape index (κ3) is 4.44. The van der Waals surface area contributed by atoms with Crippen LogP contribution in [0, 0.1) is 0 Å². The van der Waals surface area contributed by atoms with E-state index in [1.807, 2.05) is 32.0 Å². The lowest BCUT2D eigenvalue weighted by Crippen LogP contribution is -2.15. The lowest BCUT2D eigenvalue weighted by molar-refractivity contribution is 0.211. The van der Waals surface area contributed by atoms with Gasteiger partial charge >= 0.3 is 12.0 Å². The Morgan fingerprint density at radius 2 is 1.90 bits per heavy atom. The Labute approximate surface area is 127 Å². The molecule has 0 fully saturated rings. The monoisotopic (exact) mass is 309 g/mol. The molecule has 0 aliphatic carbocycles. The molecule has 0 saturated heterocycles. The van der Waals surface area contributed by atoms with Gasteiger partial charge in [0, 0.05) is 10.6 Å². The first-order valence-corrected chi connectivity index (χ1v) is 6.72. The summed E-state index contributed by atoms with van der Waals surface area (Å²) in [5.74, 6) is 5.48. The van der Waals surface area contributed by atoms with Crippen molar-refractivity contribution in [1.82, 2.24) is 15.0 Å². The lowest BCUT2D eigenvalue weighted by Gasteiger charge is -2.11. The highest BCUT2D eigenvalue weighted by Crippen LogP contribution is 2.18. The van der Waals surface area contributed by atoms with Crippen molar-refractivity contribution < 1.29 is 9.47 Å². The molecule has 8 heteroatoms. The molecule has 2 rings (SSSR count). The summed E-state index contributed by atoms with van der Waals surface area (Å²) in [7, 11) is 0. The number of rotatable bonds is 6. The fourth-order valence-electron chi connectivity index (χ4n) is 1.49. The van der Waals surface area contributed by atoms with Crippen molar-refractivity contribution in [2.24, 2.45) is 5.84 Å². The van der Waals surface area contributed by atoms with Crippen LogP contribution < -0.4 is 20.7 Å². The van der Waals surface area contributed by atoms with Gasteiger partial charge in [0.15, 0.2) is 0 Å². The summed E-state index contributed by atoms with van der Waals surface area (Å²) in [5.41, 5.74) is 3.17. The van der Waals surface area contributed by atoms with Crippen molar-refractivity contribution in [2.45, 2.75) is 26.6 Å². The Morgan fingerprint density at radius 1 is 1.19 bits per heavy atom. The minimum atomic E-state index is -0.0746. The quantitative estimate of drug-likeness (QED) is 0.623. The third-order valence-electron chi connectivity index (χ3n) is 2.38. The van der Waals surface area contributed by atoms with Crippen LogP contribution in [0.25, 0.3) is 0 Å². The Kier molecular flexibility index (Phi) is 5.13. The highest BCUT2D eigenvalue weighted by atomic mass is 35.5. The SMILES string of the molecule is CC(C)Oc1nc(NN)nc(OCc2ccccc2Cl)n1.